The lowest BCUT2D eigenvalue weighted by Gasteiger charge is -2.14. The number of hydrazone groups is 1. The van der Waals surface area contributed by atoms with Crippen LogP contribution in [-0.4, -0.2) is 56.9 Å². The number of anilines is 1. The third-order valence-electron chi connectivity index (χ3n) is 5.12. The molecule has 3 rings (SSSR count). The van der Waals surface area contributed by atoms with E-state index in [0.717, 1.165) is 18.4 Å². The van der Waals surface area contributed by atoms with Crippen molar-refractivity contribution in [3.05, 3.63) is 52.0 Å². The first-order valence-corrected chi connectivity index (χ1v) is 11.8. The molecule has 1 aliphatic rings. The molecule has 2 aromatic rings. The number of methoxy groups -OCH3 is 1. The Balaban J connectivity index is 1.53. The molecule has 1 heterocycles. The van der Waals surface area contributed by atoms with Crippen LogP contribution in [-0.2, 0) is 19.1 Å². The first-order chi connectivity index (χ1) is 16.9. The van der Waals surface area contributed by atoms with Gasteiger partial charge in [0.25, 0.3) is 5.91 Å². The third kappa shape index (κ3) is 7.79. The van der Waals surface area contributed by atoms with E-state index in [1.807, 2.05) is 31.2 Å². The largest absolute Gasteiger partial charge is 0.493 e. The maximum Gasteiger partial charge on any atom is 0.329 e. The molecular formula is C24H27BrN4O6. The summed E-state index contributed by atoms with van der Waals surface area (Å²) in [5.41, 5.74) is 4.39. The van der Waals surface area contributed by atoms with Crippen LogP contribution in [0.25, 0.3) is 0 Å². The number of ether oxygens (including phenoxy) is 3. The molecular weight excluding hydrogens is 520 g/mol. The Morgan fingerprint density at radius 2 is 2.03 bits per heavy atom. The molecule has 1 fully saturated rings. The smallest absolute Gasteiger partial charge is 0.329 e. The highest BCUT2D eigenvalue weighted by atomic mass is 79.9. The SMILES string of the molecule is COc1cc(/C=N\NC(=O)C(=O)NC[C@@H]2CCCO2)cc(Br)c1OCC(=O)Nc1ccccc1C. The van der Waals surface area contributed by atoms with Crippen LogP contribution in [0.2, 0.25) is 0 Å². The summed E-state index contributed by atoms with van der Waals surface area (Å²) >= 11 is 3.40. The van der Waals surface area contributed by atoms with Crippen molar-refractivity contribution in [3.63, 3.8) is 0 Å². The molecule has 0 radical (unpaired) electrons. The fraction of sp³-hybridized carbons (Fsp3) is 0.333. The molecule has 0 saturated carbocycles. The third-order valence-corrected chi connectivity index (χ3v) is 5.71. The number of hydrogen-bond acceptors (Lipinski definition) is 7. The van der Waals surface area contributed by atoms with Gasteiger partial charge in [-0.05, 0) is 65.0 Å². The Morgan fingerprint density at radius 3 is 2.74 bits per heavy atom. The molecule has 3 amide bonds. The fourth-order valence-electron chi connectivity index (χ4n) is 3.30. The predicted molar refractivity (Wildman–Crippen MR) is 134 cm³/mol. The molecule has 186 valence electrons. The van der Waals surface area contributed by atoms with Gasteiger partial charge in [0.15, 0.2) is 18.1 Å². The topological polar surface area (TPSA) is 127 Å². The van der Waals surface area contributed by atoms with Gasteiger partial charge in [0, 0.05) is 18.8 Å². The number of amides is 3. The molecule has 0 spiro atoms. The van der Waals surface area contributed by atoms with Crippen molar-refractivity contribution in [2.75, 3.05) is 32.2 Å². The second-order valence-electron chi connectivity index (χ2n) is 7.73. The highest BCUT2D eigenvalue weighted by Gasteiger charge is 2.19. The zero-order chi connectivity index (χ0) is 25.2. The monoisotopic (exact) mass is 546 g/mol. The lowest BCUT2D eigenvalue weighted by Crippen LogP contribution is -2.41. The highest BCUT2D eigenvalue weighted by Crippen LogP contribution is 2.36. The van der Waals surface area contributed by atoms with Gasteiger partial charge in [-0.15, -0.1) is 0 Å². The number of nitrogens with one attached hydrogen (secondary N) is 3. The number of aryl methyl sites for hydroxylation is 1. The summed E-state index contributed by atoms with van der Waals surface area (Å²) in [6.45, 7) is 2.62. The summed E-state index contributed by atoms with van der Waals surface area (Å²) < 4.78 is 17.0. The molecule has 0 aromatic heterocycles. The normalized spacial score (nSPS) is 15.0. The Labute approximate surface area is 211 Å². The minimum absolute atomic E-state index is 0.0608. The molecule has 10 nitrogen and oxygen atoms in total. The molecule has 1 aliphatic heterocycles. The van der Waals surface area contributed by atoms with E-state index >= 15 is 0 Å². The second-order valence-corrected chi connectivity index (χ2v) is 8.58. The van der Waals surface area contributed by atoms with Gasteiger partial charge in [-0.2, -0.15) is 5.10 Å². The van der Waals surface area contributed by atoms with E-state index in [1.165, 1.54) is 13.3 Å². The first-order valence-electron chi connectivity index (χ1n) is 11.0. The Morgan fingerprint density at radius 1 is 1.23 bits per heavy atom. The van der Waals surface area contributed by atoms with Crippen molar-refractivity contribution in [2.24, 2.45) is 5.10 Å². The number of benzene rings is 2. The zero-order valence-electron chi connectivity index (χ0n) is 19.4. The average Bonchev–Trinajstić information content (AvgIpc) is 3.36. The quantitative estimate of drug-likeness (QED) is 0.252. The van der Waals surface area contributed by atoms with Gasteiger partial charge in [-0.25, -0.2) is 5.43 Å². The van der Waals surface area contributed by atoms with Gasteiger partial charge in [0.05, 0.1) is 23.9 Å². The van der Waals surface area contributed by atoms with Crippen molar-refractivity contribution in [2.45, 2.75) is 25.9 Å². The van der Waals surface area contributed by atoms with Crippen LogP contribution in [0.3, 0.4) is 0 Å². The number of hydrogen-bond donors (Lipinski definition) is 3. The molecule has 2 aromatic carbocycles. The van der Waals surface area contributed by atoms with Crippen LogP contribution in [0.4, 0.5) is 5.69 Å². The molecule has 0 aliphatic carbocycles. The molecule has 0 bridgehead atoms. The number of rotatable bonds is 9. The maximum atomic E-state index is 12.3. The van der Waals surface area contributed by atoms with E-state index < -0.39 is 11.8 Å². The number of carbonyl (C=O) groups is 3. The summed E-state index contributed by atoms with van der Waals surface area (Å²) in [6, 6.07) is 10.7. The van der Waals surface area contributed by atoms with E-state index in [9.17, 15) is 14.4 Å². The maximum absolute atomic E-state index is 12.3. The van der Waals surface area contributed by atoms with Crippen LogP contribution in [0.5, 0.6) is 11.5 Å². The van der Waals surface area contributed by atoms with Crippen molar-refractivity contribution in [3.8, 4) is 11.5 Å². The number of nitrogens with zero attached hydrogens (tertiary/aromatic N) is 1. The van der Waals surface area contributed by atoms with E-state index in [1.54, 1.807) is 12.1 Å². The molecule has 0 unspecified atom stereocenters. The Bertz CT molecular complexity index is 1100. The van der Waals surface area contributed by atoms with E-state index in [0.29, 0.717) is 33.8 Å². The first kappa shape index (κ1) is 26.2. The van der Waals surface area contributed by atoms with Crippen LogP contribution in [0.1, 0.15) is 24.0 Å². The van der Waals surface area contributed by atoms with E-state index in [4.69, 9.17) is 14.2 Å². The summed E-state index contributed by atoms with van der Waals surface area (Å²) in [6.07, 6.45) is 3.09. The number of halogens is 1. The van der Waals surface area contributed by atoms with Crippen LogP contribution in [0.15, 0.2) is 46.0 Å². The van der Waals surface area contributed by atoms with E-state index in [2.05, 4.69) is 37.1 Å². The highest BCUT2D eigenvalue weighted by molar-refractivity contribution is 9.10. The van der Waals surface area contributed by atoms with Crippen molar-refractivity contribution in [1.29, 1.82) is 0 Å². The molecule has 11 heteroatoms. The standard InChI is InChI=1S/C24H27BrN4O6/c1-15-6-3-4-8-19(15)28-21(30)14-35-22-18(25)10-16(11-20(22)33-2)12-27-29-24(32)23(31)26-13-17-7-5-9-34-17/h3-4,6,8,10-12,17H,5,7,9,13-14H2,1-2H3,(H,26,31)(H,28,30)(H,29,32)/b27-12-/t17-/m0/s1. The lowest BCUT2D eigenvalue weighted by molar-refractivity contribution is -0.139. The van der Waals surface area contributed by atoms with Crippen molar-refractivity contribution >= 4 is 45.6 Å². The molecule has 35 heavy (non-hydrogen) atoms. The predicted octanol–water partition coefficient (Wildman–Crippen LogP) is 2.53. The summed E-state index contributed by atoms with van der Waals surface area (Å²) in [7, 11) is 1.46. The van der Waals surface area contributed by atoms with Crippen molar-refractivity contribution in [1.82, 2.24) is 10.7 Å². The Hall–Kier alpha value is -3.44. The van der Waals surface area contributed by atoms with Crippen LogP contribution >= 0.6 is 15.9 Å². The van der Waals surface area contributed by atoms with Crippen molar-refractivity contribution < 1.29 is 28.6 Å². The zero-order valence-corrected chi connectivity index (χ0v) is 21.0. The molecule has 3 N–H and O–H groups in total. The summed E-state index contributed by atoms with van der Waals surface area (Å²) in [5, 5.41) is 9.14. The minimum Gasteiger partial charge on any atom is -0.493 e. The molecule has 1 saturated heterocycles. The lowest BCUT2D eigenvalue weighted by atomic mass is 10.2. The Kier molecular flexibility index (Phi) is 9.62. The fourth-order valence-corrected chi connectivity index (χ4v) is 3.87. The van der Waals surface area contributed by atoms with Gasteiger partial charge in [-0.3, -0.25) is 14.4 Å². The van der Waals surface area contributed by atoms with Gasteiger partial charge < -0.3 is 24.8 Å². The number of carbonyl (C=O) groups excluding carboxylic acids is 3. The average molecular weight is 547 g/mol. The van der Waals surface area contributed by atoms with Gasteiger partial charge in [0.2, 0.25) is 0 Å². The second kappa shape index (κ2) is 12.9. The number of para-hydroxylation sites is 1. The van der Waals surface area contributed by atoms with Gasteiger partial charge in [-0.1, -0.05) is 18.2 Å². The van der Waals surface area contributed by atoms with E-state index in [-0.39, 0.29) is 25.2 Å². The van der Waals surface area contributed by atoms with Crippen LogP contribution in [0, 0.1) is 6.92 Å². The summed E-state index contributed by atoms with van der Waals surface area (Å²) in [5.74, 6) is -1.30. The minimum atomic E-state index is -0.884. The van der Waals surface area contributed by atoms with Gasteiger partial charge >= 0.3 is 11.8 Å². The summed E-state index contributed by atoms with van der Waals surface area (Å²) in [4.78, 5) is 36.1. The molecule has 1 atom stereocenters. The van der Waals surface area contributed by atoms with Gasteiger partial charge in [0.1, 0.15) is 0 Å². The van der Waals surface area contributed by atoms with Crippen LogP contribution < -0.4 is 25.5 Å².